The molecule has 2 amide bonds. The van der Waals surface area contributed by atoms with Gasteiger partial charge < -0.3 is 20.5 Å². The Balaban J connectivity index is 1.45. The molecule has 0 bridgehead atoms. The Morgan fingerprint density at radius 1 is 1.31 bits per heavy atom. The fourth-order valence-electron chi connectivity index (χ4n) is 3.96. The molecule has 1 aliphatic carbocycles. The van der Waals surface area contributed by atoms with Crippen LogP contribution in [0.25, 0.3) is 0 Å². The lowest BCUT2D eigenvalue weighted by Crippen LogP contribution is -2.45. The van der Waals surface area contributed by atoms with E-state index >= 15 is 0 Å². The zero-order valence-electron chi connectivity index (χ0n) is 15.2. The number of nitrogens with one attached hydrogen (secondary N) is 2. The molecule has 8 heteroatoms. The third kappa shape index (κ3) is 4.35. The van der Waals surface area contributed by atoms with Crippen LogP contribution in [0.15, 0.2) is 12.3 Å². The maximum absolute atomic E-state index is 12.2. The normalized spacial score (nSPS) is 28.7. The summed E-state index contributed by atoms with van der Waals surface area (Å²) in [4.78, 5) is 23.2. The van der Waals surface area contributed by atoms with Gasteiger partial charge in [0.2, 0.25) is 0 Å². The van der Waals surface area contributed by atoms with Gasteiger partial charge in [-0.3, -0.25) is 9.48 Å². The lowest BCUT2D eigenvalue weighted by Gasteiger charge is -2.27. The molecule has 0 spiro atoms. The number of nitrogens with zero attached hydrogens (tertiary/aromatic N) is 2. The predicted octanol–water partition coefficient (Wildman–Crippen LogP) is 1.92. The third-order valence-corrected chi connectivity index (χ3v) is 5.49. The van der Waals surface area contributed by atoms with Gasteiger partial charge in [0.25, 0.3) is 0 Å². The van der Waals surface area contributed by atoms with Crippen LogP contribution < -0.4 is 10.6 Å². The molecule has 1 aromatic heterocycles. The lowest BCUT2D eigenvalue weighted by atomic mass is 9.86. The van der Waals surface area contributed by atoms with Crippen molar-refractivity contribution in [1.29, 1.82) is 0 Å². The van der Waals surface area contributed by atoms with E-state index in [1.165, 1.54) is 0 Å². The molecule has 1 aromatic rings. The van der Waals surface area contributed by atoms with Crippen molar-refractivity contribution in [3.05, 3.63) is 18.0 Å². The molecular weight excluding hydrogens is 336 g/mol. The number of carboxylic acid groups (broad SMARTS) is 1. The van der Waals surface area contributed by atoms with Crippen molar-refractivity contribution in [2.24, 2.45) is 11.8 Å². The number of carbonyl (C=O) groups is 2. The van der Waals surface area contributed by atoms with Crippen molar-refractivity contribution in [3.63, 3.8) is 0 Å². The number of hydrogen-bond acceptors (Lipinski definition) is 4. The van der Waals surface area contributed by atoms with Crippen LogP contribution in [0.2, 0.25) is 0 Å². The van der Waals surface area contributed by atoms with Gasteiger partial charge in [0, 0.05) is 37.9 Å². The quantitative estimate of drug-likeness (QED) is 0.715. The molecule has 8 nitrogen and oxygen atoms in total. The molecule has 1 saturated carbocycles. The number of carbonyl (C=O) groups excluding carboxylic acids is 1. The van der Waals surface area contributed by atoms with E-state index in [-0.39, 0.29) is 30.0 Å². The first kappa shape index (κ1) is 18.7. The number of ether oxygens (including phenoxy) is 1. The number of aliphatic carboxylic acids is 1. The Kier molecular flexibility index (Phi) is 6.13. The molecule has 0 radical (unpaired) electrons. The van der Waals surface area contributed by atoms with Crippen LogP contribution in [-0.2, 0) is 16.1 Å². The van der Waals surface area contributed by atoms with Crippen LogP contribution in [-0.4, -0.2) is 46.1 Å². The van der Waals surface area contributed by atoms with Crippen LogP contribution in [0.1, 0.15) is 50.8 Å². The summed E-state index contributed by atoms with van der Waals surface area (Å²) in [6, 6.07) is 1.86. The van der Waals surface area contributed by atoms with Gasteiger partial charge in [0.15, 0.2) is 0 Å². The second-order valence-corrected chi connectivity index (χ2v) is 7.15. The van der Waals surface area contributed by atoms with E-state index in [4.69, 9.17) is 9.84 Å². The van der Waals surface area contributed by atoms with Gasteiger partial charge in [-0.1, -0.05) is 0 Å². The Hall–Kier alpha value is -2.09. The summed E-state index contributed by atoms with van der Waals surface area (Å²) in [5, 5.41) is 19.3. The number of aromatic nitrogens is 2. The highest BCUT2D eigenvalue weighted by atomic mass is 16.5. The van der Waals surface area contributed by atoms with E-state index in [1.54, 1.807) is 6.20 Å². The highest BCUT2D eigenvalue weighted by Crippen LogP contribution is 2.34. The molecule has 0 unspecified atom stereocenters. The molecule has 144 valence electrons. The van der Waals surface area contributed by atoms with Crippen molar-refractivity contribution in [2.75, 3.05) is 13.2 Å². The van der Waals surface area contributed by atoms with Crippen molar-refractivity contribution in [2.45, 2.75) is 57.7 Å². The van der Waals surface area contributed by atoms with Crippen LogP contribution in [0.3, 0.4) is 0 Å². The number of rotatable bonds is 6. The standard InChI is InChI=1S/C18H28N4O4/c1-2-22-15(7-9-20-22)16-13(8-10-26-16)11-19-18(25)21-14-5-3-12(4-6-14)17(23)24/h7,9,12-14,16H,2-6,8,10-11H2,1H3,(H,23,24)(H2,19,21,25)/t12?,13-,14?,16+/m0/s1. The lowest BCUT2D eigenvalue weighted by molar-refractivity contribution is -0.142. The van der Waals surface area contributed by atoms with Gasteiger partial charge in [-0.15, -0.1) is 0 Å². The highest BCUT2D eigenvalue weighted by molar-refractivity contribution is 5.74. The van der Waals surface area contributed by atoms with Gasteiger partial charge in [-0.25, -0.2) is 4.79 Å². The molecule has 26 heavy (non-hydrogen) atoms. The van der Waals surface area contributed by atoms with E-state index in [0.717, 1.165) is 31.5 Å². The minimum atomic E-state index is -0.730. The third-order valence-electron chi connectivity index (χ3n) is 5.49. The van der Waals surface area contributed by atoms with Gasteiger partial charge in [-0.05, 0) is 45.1 Å². The van der Waals surface area contributed by atoms with Crippen LogP contribution in [0, 0.1) is 11.8 Å². The molecule has 2 aliphatic rings. The van der Waals surface area contributed by atoms with E-state index < -0.39 is 5.97 Å². The monoisotopic (exact) mass is 364 g/mol. The zero-order valence-corrected chi connectivity index (χ0v) is 15.2. The first-order chi connectivity index (χ1) is 12.6. The predicted molar refractivity (Wildman–Crippen MR) is 94.6 cm³/mol. The van der Waals surface area contributed by atoms with Gasteiger partial charge in [-0.2, -0.15) is 5.10 Å². The SMILES string of the molecule is CCn1nccc1[C@@H]1OCC[C@H]1CNC(=O)NC1CCC(C(=O)O)CC1. The number of hydrogen-bond donors (Lipinski definition) is 3. The Labute approximate surface area is 153 Å². The van der Waals surface area contributed by atoms with Gasteiger partial charge in [0.05, 0.1) is 11.6 Å². The van der Waals surface area contributed by atoms with Gasteiger partial charge in [0.1, 0.15) is 6.10 Å². The number of carboxylic acids is 1. The van der Waals surface area contributed by atoms with Crippen molar-refractivity contribution in [1.82, 2.24) is 20.4 Å². The summed E-state index contributed by atoms with van der Waals surface area (Å²) in [6.45, 7) is 4.08. The molecule has 2 heterocycles. The summed E-state index contributed by atoms with van der Waals surface area (Å²) in [5.41, 5.74) is 1.06. The summed E-state index contributed by atoms with van der Waals surface area (Å²) < 4.78 is 7.82. The van der Waals surface area contributed by atoms with Crippen molar-refractivity contribution >= 4 is 12.0 Å². The molecule has 2 fully saturated rings. The molecule has 1 saturated heterocycles. The van der Waals surface area contributed by atoms with E-state index in [1.807, 2.05) is 17.7 Å². The van der Waals surface area contributed by atoms with E-state index in [9.17, 15) is 9.59 Å². The van der Waals surface area contributed by atoms with Crippen molar-refractivity contribution in [3.8, 4) is 0 Å². The summed E-state index contributed by atoms with van der Waals surface area (Å²) in [7, 11) is 0. The second kappa shape index (κ2) is 8.53. The summed E-state index contributed by atoms with van der Waals surface area (Å²) in [6.07, 6.45) is 5.34. The largest absolute Gasteiger partial charge is 0.481 e. The molecular formula is C18H28N4O4. The highest BCUT2D eigenvalue weighted by Gasteiger charge is 2.32. The second-order valence-electron chi connectivity index (χ2n) is 7.15. The molecule has 2 atom stereocenters. The number of aryl methyl sites for hydroxylation is 1. The van der Waals surface area contributed by atoms with Crippen LogP contribution >= 0.6 is 0 Å². The van der Waals surface area contributed by atoms with Crippen LogP contribution in [0.5, 0.6) is 0 Å². The number of amides is 2. The maximum Gasteiger partial charge on any atom is 0.315 e. The van der Waals surface area contributed by atoms with Crippen LogP contribution in [0.4, 0.5) is 4.79 Å². The van der Waals surface area contributed by atoms with Gasteiger partial charge >= 0.3 is 12.0 Å². The Bertz CT molecular complexity index is 624. The molecule has 0 aromatic carbocycles. The topological polar surface area (TPSA) is 105 Å². The smallest absolute Gasteiger partial charge is 0.315 e. The number of urea groups is 1. The fourth-order valence-corrected chi connectivity index (χ4v) is 3.96. The molecule has 1 aliphatic heterocycles. The Morgan fingerprint density at radius 3 is 2.77 bits per heavy atom. The average molecular weight is 364 g/mol. The molecule has 3 N–H and O–H groups in total. The first-order valence-electron chi connectivity index (χ1n) is 9.49. The summed E-state index contributed by atoms with van der Waals surface area (Å²) in [5.74, 6) is -0.770. The fraction of sp³-hybridized carbons (Fsp3) is 0.722. The maximum atomic E-state index is 12.2. The minimum absolute atomic E-state index is 0.0382. The minimum Gasteiger partial charge on any atom is -0.481 e. The molecule has 3 rings (SSSR count). The average Bonchev–Trinajstić information content (AvgIpc) is 3.28. The van der Waals surface area contributed by atoms with E-state index in [2.05, 4.69) is 15.7 Å². The zero-order chi connectivity index (χ0) is 18.5. The summed E-state index contributed by atoms with van der Waals surface area (Å²) >= 11 is 0. The Morgan fingerprint density at radius 2 is 2.08 bits per heavy atom. The first-order valence-corrected chi connectivity index (χ1v) is 9.49. The van der Waals surface area contributed by atoms with E-state index in [0.29, 0.717) is 26.0 Å². The van der Waals surface area contributed by atoms with Crippen molar-refractivity contribution < 1.29 is 19.4 Å².